The Morgan fingerprint density at radius 3 is 2.41 bits per heavy atom. The van der Waals surface area contributed by atoms with Gasteiger partial charge in [0.25, 0.3) is 0 Å². The molecule has 1 aromatic carbocycles. The summed E-state index contributed by atoms with van der Waals surface area (Å²) in [5.74, 6) is -4.13. The van der Waals surface area contributed by atoms with Crippen LogP contribution < -0.4 is 5.73 Å². The smallest absolute Gasteiger partial charge is 0.186 e. The molecule has 8 heteroatoms. The van der Waals surface area contributed by atoms with Gasteiger partial charge in [-0.25, -0.2) is 17.2 Å². The monoisotopic (exact) mass is 267 g/mol. The molecule has 17 heavy (non-hydrogen) atoms. The second kappa shape index (κ2) is 4.55. The molecule has 0 fully saturated rings. The van der Waals surface area contributed by atoms with Gasteiger partial charge in [-0.2, -0.15) is 0 Å². The minimum absolute atomic E-state index is 0.370. The van der Waals surface area contributed by atoms with Crippen LogP contribution in [0.1, 0.15) is 11.7 Å². The Morgan fingerprint density at radius 2 is 2.00 bits per heavy atom. The van der Waals surface area contributed by atoms with Crippen molar-refractivity contribution in [2.75, 3.05) is 12.8 Å². The Balaban J connectivity index is 3.59. The van der Waals surface area contributed by atoms with Gasteiger partial charge in [0.2, 0.25) is 0 Å². The van der Waals surface area contributed by atoms with Crippen LogP contribution in [0.15, 0.2) is 11.0 Å². The van der Waals surface area contributed by atoms with Gasteiger partial charge in [-0.05, 0) is 6.07 Å². The average Bonchev–Trinajstić information content (AvgIpc) is 2.20. The van der Waals surface area contributed by atoms with E-state index in [0.29, 0.717) is 12.3 Å². The maximum atomic E-state index is 13.5. The quantitative estimate of drug-likeness (QED) is 0.719. The largest absolute Gasteiger partial charge is 0.505 e. The summed E-state index contributed by atoms with van der Waals surface area (Å²) >= 11 is 0. The van der Waals surface area contributed by atoms with Crippen LogP contribution in [0.3, 0.4) is 0 Å². The van der Waals surface area contributed by atoms with Gasteiger partial charge in [-0.1, -0.05) is 0 Å². The molecular weight excluding hydrogens is 256 g/mol. The van der Waals surface area contributed by atoms with E-state index in [1.165, 1.54) is 0 Å². The summed E-state index contributed by atoms with van der Waals surface area (Å²) in [7, 11) is -4.16. The summed E-state index contributed by atoms with van der Waals surface area (Å²) in [5, 5.41) is 18.6. The van der Waals surface area contributed by atoms with Gasteiger partial charge in [0.15, 0.2) is 21.4 Å². The highest BCUT2D eigenvalue weighted by atomic mass is 32.2. The second-order valence-corrected chi connectivity index (χ2v) is 5.42. The van der Waals surface area contributed by atoms with Gasteiger partial charge < -0.3 is 15.9 Å². The van der Waals surface area contributed by atoms with Gasteiger partial charge in [0.05, 0.1) is 6.10 Å². The SMILES string of the molecule is CS(=O)(=O)c1c(F)cc(C(O)CN)c(O)c1F. The number of sulfone groups is 1. The number of aliphatic hydroxyl groups is 1. The molecule has 0 saturated carbocycles. The Bertz CT molecular complexity index is 544. The predicted octanol–water partition coefficient (Wildman–Crippen LogP) is 0.0660. The fourth-order valence-electron chi connectivity index (χ4n) is 1.33. The van der Waals surface area contributed by atoms with E-state index in [-0.39, 0.29) is 6.54 Å². The van der Waals surface area contributed by atoms with Gasteiger partial charge >= 0.3 is 0 Å². The minimum atomic E-state index is -4.16. The number of halogens is 2. The van der Waals surface area contributed by atoms with Crippen LogP contribution in [-0.2, 0) is 9.84 Å². The van der Waals surface area contributed by atoms with Crippen LogP contribution in [0.4, 0.5) is 8.78 Å². The molecule has 0 aliphatic heterocycles. The van der Waals surface area contributed by atoms with Crippen LogP contribution in [-0.4, -0.2) is 31.4 Å². The van der Waals surface area contributed by atoms with Crippen LogP contribution in [0, 0.1) is 11.6 Å². The summed E-state index contributed by atoms with van der Waals surface area (Å²) < 4.78 is 49.1. The van der Waals surface area contributed by atoms with Crippen molar-refractivity contribution in [2.24, 2.45) is 5.73 Å². The Kier molecular flexibility index (Phi) is 3.70. The molecule has 96 valence electrons. The second-order valence-electron chi connectivity index (χ2n) is 3.46. The third-order valence-corrected chi connectivity index (χ3v) is 3.25. The molecule has 0 spiro atoms. The molecule has 0 aliphatic carbocycles. The first-order valence-corrected chi connectivity index (χ1v) is 6.38. The molecule has 0 saturated heterocycles. The van der Waals surface area contributed by atoms with E-state index in [2.05, 4.69) is 0 Å². The molecule has 0 radical (unpaired) electrons. The van der Waals surface area contributed by atoms with E-state index < -0.39 is 43.8 Å². The summed E-state index contributed by atoms with van der Waals surface area (Å²) in [6.45, 7) is -0.370. The van der Waals surface area contributed by atoms with E-state index in [1.807, 2.05) is 0 Å². The molecule has 0 amide bonds. The van der Waals surface area contributed by atoms with Gasteiger partial charge in [-0.3, -0.25) is 0 Å². The third kappa shape index (κ3) is 2.54. The topological polar surface area (TPSA) is 101 Å². The number of phenolic OH excluding ortho intramolecular Hbond substituents is 1. The number of hydrogen-bond acceptors (Lipinski definition) is 5. The first-order valence-electron chi connectivity index (χ1n) is 4.49. The number of nitrogens with two attached hydrogens (primary N) is 1. The first-order chi connectivity index (χ1) is 7.70. The van der Waals surface area contributed by atoms with Crippen LogP contribution in [0.2, 0.25) is 0 Å². The van der Waals surface area contributed by atoms with Crippen molar-refractivity contribution in [2.45, 2.75) is 11.0 Å². The van der Waals surface area contributed by atoms with Crippen molar-refractivity contribution >= 4 is 9.84 Å². The van der Waals surface area contributed by atoms with Crippen molar-refractivity contribution in [1.82, 2.24) is 0 Å². The summed E-state index contributed by atoms with van der Waals surface area (Å²) in [5.41, 5.74) is 4.58. The van der Waals surface area contributed by atoms with Crippen molar-refractivity contribution in [1.29, 1.82) is 0 Å². The number of aromatic hydroxyl groups is 1. The third-order valence-electron chi connectivity index (χ3n) is 2.13. The summed E-state index contributed by atoms with van der Waals surface area (Å²) in [6, 6.07) is 0.548. The lowest BCUT2D eigenvalue weighted by molar-refractivity contribution is 0.180. The molecule has 4 N–H and O–H groups in total. The van der Waals surface area contributed by atoms with E-state index in [1.54, 1.807) is 0 Å². The number of benzene rings is 1. The molecular formula is C9H11F2NO4S. The highest BCUT2D eigenvalue weighted by Crippen LogP contribution is 2.33. The van der Waals surface area contributed by atoms with Gasteiger partial charge in [-0.15, -0.1) is 0 Å². The van der Waals surface area contributed by atoms with Crippen LogP contribution in [0.5, 0.6) is 5.75 Å². The maximum absolute atomic E-state index is 13.5. The molecule has 0 bridgehead atoms. The Morgan fingerprint density at radius 1 is 1.47 bits per heavy atom. The minimum Gasteiger partial charge on any atom is -0.505 e. The molecule has 1 rings (SSSR count). The molecule has 5 nitrogen and oxygen atoms in total. The zero-order valence-corrected chi connectivity index (χ0v) is 9.63. The molecule has 1 unspecified atom stereocenters. The normalized spacial score (nSPS) is 13.7. The zero-order chi connectivity index (χ0) is 13.4. The fourth-order valence-corrected chi connectivity index (χ4v) is 2.17. The van der Waals surface area contributed by atoms with Crippen molar-refractivity contribution in [3.8, 4) is 5.75 Å². The average molecular weight is 267 g/mol. The van der Waals surface area contributed by atoms with E-state index in [0.717, 1.165) is 0 Å². The summed E-state index contributed by atoms with van der Waals surface area (Å²) in [4.78, 5) is -1.23. The standard InChI is InChI=1S/C9H11F2NO4S/c1-17(15,16)9-5(10)2-4(6(13)3-12)8(14)7(9)11/h2,6,13-14H,3,12H2,1H3. The highest BCUT2D eigenvalue weighted by molar-refractivity contribution is 7.90. The molecule has 1 aromatic rings. The van der Waals surface area contributed by atoms with Crippen molar-refractivity contribution in [3.05, 3.63) is 23.3 Å². The lowest BCUT2D eigenvalue weighted by Crippen LogP contribution is -2.14. The molecule has 0 aromatic heterocycles. The Hall–Kier alpha value is -1.25. The first kappa shape index (κ1) is 13.8. The lowest BCUT2D eigenvalue weighted by atomic mass is 10.1. The maximum Gasteiger partial charge on any atom is 0.186 e. The fraction of sp³-hybridized carbons (Fsp3) is 0.333. The number of rotatable bonds is 3. The van der Waals surface area contributed by atoms with Crippen molar-refractivity contribution < 1.29 is 27.4 Å². The van der Waals surface area contributed by atoms with Crippen molar-refractivity contribution in [3.63, 3.8) is 0 Å². The number of phenols is 1. The van der Waals surface area contributed by atoms with E-state index >= 15 is 0 Å². The lowest BCUT2D eigenvalue weighted by Gasteiger charge is -2.13. The molecule has 0 aliphatic rings. The predicted molar refractivity (Wildman–Crippen MR) is 55.1 cm³/mol. The highest BCUT2D eigenvalue weighted by Gasteiger charge is 2.27. The van der Waals surface area contributed by atoms with Crippen LogP contribution in [0.25, 0.3) is 0 Å². The molecule has 0 heterocycles. The molecule has 1 atom stereocenters. The van der Waals surface area contributed by atoms with Gasteiger partial charge in [0, 0.05) is 18.4 Å². The van der Waals surface area contributed by atoms with E-state index in [9.17, 15) is 27.4 Å². The Labute approximate surface area is 96.4 Å². The zero-order valence-electron chi connectivity index (χ0n) is 8.81. The number of aliphatic hydroxyl groups excluding tert-OH is 1. The number of hydrogen-bond donors (Lipinski definition) is 3. The van der Waals surface area contributed by atoms with Gasteiger partial charge in [0.1, 0.15) is 10.7 Å². The summed E-state index contributed by atoms with van der Waals surface area (Å²) in [6.07, 6.45) is -0.875. The van der Waals surface area contributed by atoms with Crippen LogP contribution >= 0.6 is 0 Å². The van der Waals surface area contributed by atoms with E-state index in [4.69, 9.17) is 5.73 Å².